The van der Waals surface area contributed by atoms with E-state index in [9.17, 15) is 9.59 Å². The van der Waals surface area contributed by atoms with Gasteiger partial charge in [-0.15, -0.1) is 0 Å². The lowest BCUT2D eigenvalue weighted by atomic mass is 9.93. The van der Waals surface area contributed by atoms with E-state index in [4.69, 9.17) is 11.6 Å². The number of benzene rings is 1. The lowest BCUT2D eigenvalue weighted by Crippen LogP contribution is -2.59. The van der Waals surface area contributed by atoms with Gasteiger partial charge in [-0.3, -0.25) is 9.59 Å². The molecule has 2 aromatic rings. The molecule has 2 aliphatic rings. The number of hydrogen-bond donors (Lipinski definition) is 3. The Morgan fingerprint density at radius 2 is 2.00 bits per heavy atom. The first-order valence-electron chi connectivity index (χ1n) is 6.70. The second-order valence-corrected chi connectivity index (χ2v) is 5.70. The zero-order valence-corrected chi connectivity index (χ0v) is 12.3. The molecule has 2 aliphatic heterocycles. The normalized spacial score (nSPS) is 21.7. The summed E-state index contributed by atoms with van der Waals surface area (Å²) in [6, 6.07) is 6.84. The number of hydrogen-bond acceptors (Lipinski definition) is 4. The van der Waals surface area contributed by atoms with E-state index in [1.807, 2.05) is 13.0 Å². The Hall–Kier alpha value is -2.60. The van der Waals surface area contributed by atoms with Crippen molar-refractivity contribution in [1.29, 1.82) is 0 Å². The number of nitrogens with zero attached hydrogens (tertiary/aromatic N) is 1. The molecule has 0 fully saturated rings. The minimum absolute atomic E-state index is 0.357. The van der Waals surface area contributed by atoms with Crippen molar-refractivity contribution in [3.8, 4) is 0 Å². The summed E-state index contributed by atoms with van der Waals surface area (Å²) in [5.74, 6) is -0.374. The molecule has 0 radical (unpaired) electrons. The minimum Gasteiger partial charge on any atom is -0.335 e. The number of aromatic nitrogens is 1. The first kappa shape index (κ1) is 13.1. The van der Waals surface area contributed by atoms with E-state index >= 15 is 0 Å². The van der Waals surface area contributed by atoms with Gasteiger partial charge < -0.3 is 16.0 Å². The molecule has 1 atom stereocenters. The van der Waals surface area contributed by atoms with Crippen LogP contribution in [-0.2, 0) is 10.5 Å². The SMILES string of the molecule is Cc1ccc(Cl)c2c1[C@]1(NC(=O)c3cccnc3N1)C(=O)N2. The molecule has 0 aliphatic carbocycles. The van der Waals surface area contributed by atoms with Crippen LogP contribution in [0.1, 0.15) is 21.5 Å². The molecule has 4 rings (SSSR count). The topological polar surface area (TPSA) is 83.1 Å². The highest BCUT2D eigenvalue weighted by molar-refractivity contribution is 6.35. The van der Waals surface area contributed by atoms with Gasteiger partial charge in [-0.25, -0.2) is 4.98 Å². The highest BCUT2D eigenvalue weighted by atomic mass is 35.5. The molecule has 3 heterocycles. The monoisotopic (exact) mass is 314 g/mol. The third kappa shape index (κ3) is 1.52. The number of carbonyl (C=O) groups is 2. The van der Waals surface area contributed by atoms with E-state index in [2.05, 4.69) is 20.9 Å². The fraction of sp³-hybridized carbons (Fsp3) is 0.133. The van der Waals surface area contributed by atoms with Gasteiger partial charge in [-0.05, 0) is 30.7 Å². The third-order valence-corrected chi connectivity index (χ3v) is 4.29. The average Bonchev–Trinajstić information content (AvgIpc) is 2.77. The quantitative estimate of drug-likeness (QED) is 0.694. The van der Waals surface area contributed by atoms with Crippen LogP contribution in [-0.4, -0.2) is 16.8 Å². The highest BCUT2D eigenvalue weighted by Crippen LogP contribution is 2.44. The van der Waals surface area contributed by atoms with Crippen molar-refractivity contribution in [2.24, 2.45) is 0 Å². The van der Waals surface area contributed by atoms with E-state index in [1.54, 1.807) is 24.4 Å². The maximum atomic E-state index is 12.6. The summed E-state index contributed by atoms with van der Waals surface area (Å²) in [5, 5.41) is 8.99. The number of nitrogens with one attached hydrogen (secondary N) is 3. The maximum absolute atomic E-state index is 12.6. The molecular formula is C15H11ClN4O2. The number of carbonyl (C=O) groups excluding carboxylic acids is 2. The summed E-state index contributed by atoms with van der Waals surface area (Å²) < 4.78 is 0. The number of fused-ring (bicyclic) bond motifs is 3. The molecule has 0 bridgehead atoms. The number of pyridine rings is 1. The Morgan fingerprint density at radius 1 is 1.18 bits per heavy atom. The molecular weight excluding hydrogens is 304 g/mol. The predicted octanol–water partition coefficient (Wildman–Crippen LogP) is 2.00. The van der Waals surface area contributed by atoms with Crippen molar-refractivity contribution in [3.63, 3.8) is 0 Å². The Kier molecular flexibility index (Phi) is 2.50. The summed E-state index contributed by atoms with van der Waals surface area (Å²) in [5.41, 5.74) is 0.982. The van der Waals surface area contributed by atoms with Crippen LogP contribution >= 0.6 is 11.6 Å². The van der Waals surface area contributed by atoms with E-state index in [-0.39, 0.29) is 11.8 Å². The zero-order chi connectivity index (χ0) is 15.5. The lowest BCUT2D eigenvalue weighted by molar-refractivity contribution is -0.120. The predicted molar refractivity (Wildman–Crippen MR) is 81.8 cm³/mol. The van der Waals surface area contributed by atoms with Crippen molar-refractivity contribution in [1.82, 2.24) is 10.3 Å². The van der Waals surface area contributed by atoms with Gasteiger partial charge in [0.05, 0.1) is 16.3 Å². The molecule has 0 saturated carbocycles. The van der Waals surface area contributed by atoms with Gasteiger partial charge in [0.2, 0.25) is 5.66 Å². The Labute approximate surface area is 130 Å². The van der Waals surface area contributed by atoms with Crippen LogP contribution in [0.3, 0.4) is 0 Å². The van der Waals surface area contributed by atoms with E-state index in [0.29, 0.717) is 27.7 Å². The van der Waals surface area contributed by atoms with Crippen molar-refractivity contribution in [2.75, 3.05) is 10.6 Å². The zero-order valence-electron chi connectivity index (χ0n) is 11.5. The van der Waals surface area contributed by atoms with E-state index in [0.717, 1.165) is 5.56 Å². The van der Waals surface area contributed by atoms with Crippen molar-refractivity contribution in [2.45, 2.75) is 12.6 Å². The van der Waals surface area contributed by atoms with Crippen LogP contribution in [0, 0.1) is 6.92 Å². The van der Waals surface area contributed by atoms with Crippen LogP contribution in [0.2, 0.25) is 5.02 Å². The summed E-state index contributed by atoms with van der Waals surface area (Å²) >= 11 is 6.18. The van der Waals surface area contributed by atoms with Crippen molar-refractivity contribution >= 4 is 34.9 Å². The second-order valence-electron chi connectivity index (χ2n) is 5.30. The summed E-state index contributed by atoms with van der Waals surface area (Å²) in [4.78, 5) is 29.2. The first-order valence-corrected chi connectivity index (χ1v) is 7.07. The summed E-state index contributed by atoms with van der Waals surface area (Å²) in [6.07, 6.45) is 1.57. The largest absolute Gasteiger partial charge is 0.335 e. The Balaban J connectivity index is 1.97. The molecule has 0 saturated heterocycles. The van der Waals surface area contributed by atoms with Crippen LogP contribution < -0.4 is 16.0 Å². The molecule has 2 amide bonds. The highest BCUT2D eigenvalue weighted by Gasteiger charge is 2.53. The number of rotatable bonds is 0. The third-order valence-electron chi connectivity index (χ3n) is 3.98. The molecule has 1 aromatic heterocycles. The molecule has 6 nitrogen and oxygen atoms in total. The van der Waals surface area contributed by atoms with Gasteiger partial charge in [0.25, 0.3) is 11.8 Å². The minimum atomic E-state index is -1.39. The second kappa shape index (κ2) is 4.20. The summed E-state index contributed by atoms with van der Waals surface area (Å²) in [6.45, 7) is 1.86. The lowest BCUT2D eigenvalue weighted by Gasteiger charge is -2.35. The van der Waals surface area contributed by atoms with Gasteiger partial charge in [0.1, 0.15) is 5.82 Å². The number of anilines is 2. The number of amides is 2. The molecule has 1 aromatic carbocycles. The van der Waals surface area contributed by atoms with Gasteiger partial charge in [-0.1, -0.05) is 17.7 Å². The molecule has 3 N–H and O–H groups in total. The summed E-state index contributed by atoms with van der Waals surface area (Å²) in [7, 11) is 0. The Morgan fingerprint density at radius 3 is 2.82 bits per heavy atom. The average molecular weight is 315 g/mol. The fourth-order valence-corrected chi connectivity index (χ4v) is 3.19. The van der Waals surface area contributed by atoms with Crippen LogP contribution in [0.25, 0.3) is 0 Å². The molecule has 7 heteroatoms. The van der Waals surface area contributed by atoms with Crippen LogP contribution in [0.4, 0.5) is 11.5 Å². The van der Waals surface area contributed by atoms with Gasteiger partial charge in [-0.2, -0.15) is 0 Å². The van der Waals surface area contributed by atoms with E-state index < -0.39 is 5.66 Å². The van der Waals surface area contributed by atoms with Gasteiger partial charge in [0.15, 0.2) is 0 Å². The molecule has 22 heavy (non-hydrogen) atoms. The standard InChI is InChI=1S/C15H11ClN4O2/c1-7-4-5-9(16)11-10(7)15(14(22)18-11)19-12-8(13(21)20-15)3-2-6-17-12/h2-6H,1H3,(H,17,19)(H,18,22)(H,20,21)/t15-/m0/s1. The van der Waals surface area contributed by atoms with Gasteiger partial charge in [0, 0.05) is 11.8 Å². The first-order chi connectivity index (χ1) is 10.5. The van der Waals surface area contributed by atoms with Crippen LogP contribution in [0.15, 0.2) is 30.5 Å². The van der Waals surface area contributed by atoms with Crippen molar-refractivity contribution < 1.29 is 9.59 Å². The molecule has 110 valence electrons. The van der Waals surface area contributed by atoms with Crippen molar-refractivity contribution in [3.05, 3.63) is 52.2 Å². The molecule has 0 unspecified atom stereocenters. The van der Waals surface area contributed by atoms with Gasteiger partial charge >= 0.3 is 0 Å². The number of aryl methyl sites for hydroxylation is 1. The fourth-order valence-electron chi connectivity index (χ4n) is 2.98. The Bertz CT molecular complexity index is 851. The van der Waals surface area contributed by atoms with E-state index in [1.165, 1.54) is 0 Å². The smallest absolute Gasteiger partial charge is 0.276 e. The van der Waals surface area contributed by atoms with Crippen LogP contribution in [0.5, 0.6) is 0 Å². The maximum Gasteiger partial charge on any atom is 0.276 e. The number of halogens is 1. The molecule has 1 spiro atoms.